The van der Waals surface area contributed by atoms with Gasteiger partial charge in [-0.2, -0.15) is 13.2 Å². The van der Waals surface area contributed by atoms with E-state index in [9.17, 15) is 18.0 Å². The predicted molar refractivity (Wildman–Crippen MR) is 118 cm³/mol. The van der Waals surface area contributed by atoms with Gasteiger partial charge in [0.2, 0.25) is 0 Å². The fourth-order valence-electron chi connectivity index (χ4n) is 2.92. The van der Waals surface area contributed by atoms with Crippen molar-refractivity contribution in [3.63, 3.8) is 0 Å². The minimum atomic E-state index is -4.51. The SMILES string of the molecule is CCOc1cc(C(=O)Nc2cccc(C(F)(F)F)c2)cc(Cl)c1OCc1ccc(C)cc1. The zero-order chi connectivity index (χ0) is 23.3. The third kappa shape index (κ3) is 5.95. The van der Waals surface area contributed by atoms with Crippen molar-refractivity contribution in [2.45, 2.75) is 26.6 Å². The molecule has 0 heterocycles. The molecule has 168 valence electrons. The first kappa shape index (κ1) is 23.5. The molecule has 8 heteroatoms. The molecule has 3 aromatic rings. The topological polar surface area (TPSA) is 47.6 Å². The summed E-state index contributed by atoms with van der Waals surface area (Å²) in [4.78, 5) is 12.7. The number of alkyl halides is 3. The fraction of sp³-hybridized carbons (Fsp3) is 0.208. The molecule has 0 fully saturated rings. The van der Waals surface area contributed by atoms with Crippen LogP contribution >= 0.6 is 11.6 Å². The fourth-order valence-corrected chi connectivity index (χ4v) is 3.18. The summed E-state index contributed by atoms with van der Waals surface area (Å²) < 4.78 is 50.2. The molecule has 4 nitrogen and oxygen atoms in total. The first-order valence-corrected chi connectivity index (χ1v) is 10.2. The van der Waals surface area contributed by atoms with Gasteiger partial charge in [0.1, 0.15) is 6.61 Å². The summed E-state index contributed by atoms with van der Waals surface area (Å²) in [6, 6.07) is 15.0. The molecule has 0 unspecified atom stereocenters. The molecule has 0 aliphatic rings. The van der Waals surface area contributed by atoms with Crippen LogP contribution in [0.2, 0.25) is 5.02 Å². The molecular formula is C24H21ClF3NO3. The second-order valence-corrected chi connectivity index (χ2v) is 7.43. The van der Waals surface area contributed by atoms with Crippen molar-refractivity contribution in [1.82, 2.24) is 0 Å². The van der Waals surface area contributed by atoms with E-state index in [1.54, 1.807) is 6.92 Å². The lowest BCUT2D eigenvalue weighted by Crippen LogP contribution is -2.14. The van der Waals surface area contributed by atoms with E-state index in [1.165, 1.54) is 24.3 Å². The van der Waals surface area contributed by atoms with Crippen LogP contribution in [0.25, 0.3) is 0 Å². The quantitative estimate of drug-likeness (QED) is 0.414. The molecule has 0 aliphatic heterocycles. The summed E-state index contributed by atoms with van der Waals surface area (Å²) in [7, 11) is 0. The van der Waals surface area contributed by atoms with Crippen molar-refractivity contribution in [1.29, 1.82) is 0 Å². The van der Waals surface area contributed by atoms with Crippen molar-refractivity contribution in [3.8, 4) is 11.5 Å². The average molecular weight is 464 g/mol. The minimum Gasteiger partial charge on any atom is -0.490 e. The highest BCUT2D eigenvalue weighted by Gasteiger charge is 2.30. The van der Waals surface area contributed by atoms with Gasteiger partial charge in [-0.15, -0.1) is 0 Å². The van der Waals surface area contributed by atoms with Gasteiger partial charge in [0, 0.05) is 11.3 Å². The highest BCUT2D eigenvalue weighted by molar-refractivity contribution is 6.32. The van der Waals surface area contributed by atoms with E-state index in [0.717, 1.165) is 23.3 Å². The molecule has 3 aromatic carbocycles. The number of amides is 1. The molecule has 1 amide bonds. The summed E-state index contributed by atoms with van der Waals surface area (Å²) in [6.45, 7) is 4.30. The molecule has 0 saturated carbocycles. The number of halogens is 4. The van der Waals surface area contributed by atoms with Crippen LogP contribution in [0.4, 0.5) is 18.9 Å². The summed E-state index contributed by atoms with van der Waals surface area (Å²) in [6.07, 6.45) is -4.51. The number of carbonyl (C=O) groups excluding carboxylic acids is 1. The third-order valence-electron chi connectivity index (χ3n) is 4.52. The van der Waals surface area contributed by atoms with Gasteiger partial charge in [-0.1, -0.05) is 47.5 Å². The van der Waals surface area contributed by atoms with Gasteiger partial charge in [0.05, 0.1) is 17.2 Å². The van der Waals surface area contributed by atoms with Gasteiger partial charge in [-0.25, -0.2) is 0 Å². The number of anilines is 1. The first-order chi connectivity index (χ1) is 15.2. The van der Waals surface area contributed by atoms with Crippen LogP contribution in [0.5, 0.6) is 11.5 Å². The Balaban J connectivity index is 1.81. The van der Waals surface area contributed by atoms with Crippen LogP contribution in [0.1, 0.15) is 34.0 Å². The van der Waals surface area contributed by atoms with Crippen LogP contribution in [-0.2, 0) is 12.8 Å². The van der Waals surface area contributed by atoms with E-state index >= 15 is 0 Å². The van der Waals surface area contributed by atoms with Crippen LogP contribution in [0, 0.1) is 6.92 Å². The van der Waals surface area contributed by atoms with Crippen molar-refractivity contribution in [3.05, 3.63) is 87.9 Å². The Morgan fingerprint density at radius 1 is 1.03 bits per heavy atom. The molecule has 0 radical (unpaired) electrons. The molecule has 0 spiro atoms. The zero-order valence-electron chi connectivity index (χ0n) is 17.4. The molecule has 0 bridgehead atoms. The molecule has 0 aliphatic carbocycles. The Morgan fingerprint density at radius 3 is 2.41 bits per heavy atom. The maximum Gasteiger partial charge on any atom is 0.416 e. The molecule has 1 N–H and O–H groups in total. The number of rotatable bonds is 7. The summed E-state index contributed by atoms with van der Waals surface area (Å²) >= 11 is 6.36. The molecule has 32 heavy (non-hydrogen) atoms. The number of nitrogens with one attached hydrogen (secondary N) is 1. The molecular weight excluding hydrogens is 443 g/mol. The highest BCUT2D eigenvalue weighted by atomic mass is 35.5. The van der Waals surface area contributed by atoms with Crippen LogP contribution in [0.3, 0.4) is 0 Å². The summed E-state index contributed by atoms with van der Waals surface area (Å²) in [5, 5.41) is 2.61. The number of aryl methyl sites for hydroxylation is 1. The van der Waals surface area contributed by atoms with Gasteiger partial charge < -0.3 is 14.8 Å². The second kappa shape index (κ2) is 9.96. The normalized spacial score (nSPS) is 11.2. The Bertz CT molecular complexity index is 1100. The Hall–Kier alpha value is -3.19. The molecule has 0 atom stereocenters. The van der Waals surface area contributed by atoms with E-state index in [2.05, 4.69) is 5.32 Å². The van der Waals surface area contributed by atoms with Crippen molar-refractivity contribution >= 4 is 23.2 Å². The summed E-state index contributed by atoms with van der Waals surface area (Å²) in [5.41, 5.74) is 1.33. The van der Waals surface area contributed by atoms with Crippen LogP contribution in [0.15, 0.2) is 60.7 Å². The van der Waals surface area contributed by atoms with Gasteiger partial charge in [-0.05, 0) is 49.7 Å². The van der Waals surface area contributed by atoms with Gasteiger partial charge in [-0.3, -0.25) is 4.79 Å². The van der Waals surface area contributed by atoms with Gasteiger partial charge in [0.15, 0.2) is 11.5 Å². The number of hydrogen-bond donors (Lipinski definition) is 1. The largest absolute Gasteiger partial charge is 0.490 e. The van der Waals surface area contributed by atoms with E-state index in [0.29, 0.717) is 6.61 Å². The van der Waals surface area contributed by atoms with Crippen molar-refractivity contribution < 1.29 is 27.4 Å². The number of hydrogen-bond acceptors (Lipinski definition) is 3. The first-order valence-electron chi connectivity index (χ1n) is 9.80. The van der Waals surface area contributed by atoms with E-state index < -0.39 is 17.6 Å². The lowest BCUT2D eigenvalue weighted by atomic mass is 10.1. The van der Waals surface area contributed by atoms with E-state index in [4.69, 9.17) is 21.1 Å². The molecule has 0 saturated heterocycles. The van der Waals surface area contributed by atoms with Gasteiger partial charge >= 0.3 is 6.18 Å². The lowest BCUT2D eigenvalue weighted by molar-refractivity contribution is -0.137. The Morgan fingerprint density at radius 2 is 1.75 bits per heavy atom. The molecule has 0 aromatic heterocycles. The number of carbonyl (C=O) groups is 1. The average Bonchev–Trinajstić information content (AvgIpc) is 2.74. The number of benzene rings is 3. The third-order valence-corrected chi connectivity index (χ3v) is 4.80. The predicted octanol–water partition coefficient (Wildman–Crippen LogP) is 6.90. The summed E-state index contributed by atoms with van der Waals surface area (Å²) in [5.74, 6) is -0.0803. The van der Waals surface area contributed by atoms with Crippen molar-refractivity contribution in [2.75, 3.05) is 11.9 Å². The standard InChI is InChI=1S/C24H21ClF3NO3/c1-3-31-21-12-17(23(30)29-19-6-4-5-18(13-19)24(26,27)28)11-20(25)22(21)32-14-16-9-7-15(2)8-10-16/h4-13H,3,14H2,1-2H3,(H,29,30). The lowest BCUT2D eigenvalue weighted by Gasteiger charge is -2.16. The smallest absolute Gasteiger partial charge is 0.416 e. The van der Waals surface area contributed by atoms with E-state index in [-0.39, 0.29) is 34.4 Å². The monoisotopic (exact) mass is 463 g/mol. The van der Waals surface area contributed by atoms with Crippen molar-refractivity contribution in [2.24, 2.45) is 0 Å². The Kier molecular flexibility index (Phi) is 7.30. The maximum atomic E-state index is 12.9. The van der Waals surface area contributed by atoms with Crippen LogP contribution < -0.4 is 14.8 Å². The minimum absolute atomic E-state index is 0.0126. The number of ether oxygens (including phenoxy) is 2. The van der Waals surface area contributed by atoms with Gasteiger partial charge in [0.25, 0.3) is 5.91 Å². The second-order valence-electron chi connectivity index (χ2n) is 7.03. The van der Waals surface area contributed by atoms with E-state index in [1.807, 2.05) is 31.2 Å². The maximum absolute atomic E-state index is 12.9. The van der Waals surface area contributed by atoms with Crippen LogP contribution in [-0.4, -0.2) is 12.5 Å². The zero-order valence-corrected chi connectivity index (χ0v) is 18.2. The Labute approximate surface area is 188 Å². The highest BCUT2D eigenvalue weighted by Crippen LogP contribution is 2.38. The molecule has 3 rings (SSSR count).